The van der Waals surface area contributed by atoms with Gasteiger partial charge in [0.15, 0.2) is 5.58 Å². The van der Waals surface area contributed by atoms with Crippen molar-refractivity contribution in [2.45, 2.75) is 68.7 Å². The topological polar surface area (TPSA) is 134 Å². The average Bonchev–Trinajstić information content (AvgIpc) is 3.28. The standard InChI is InChI=1S/C31H34N4O6/c36-27-25-17-22(40-30-33-23-14-9-10-16-26(23)41-30)19-35(25)28(37)24(32-21-12-6-4-7-13-21)15-8-3-1-2-5-11-20-18-31(20,34-27)29(38)39/h4-7,9-14,16,20,22,24-25,32H,1-3,8,15,17-19H2,(H,34,36)(H,38,39)/t20-,22-,24+,25+,31-/m1/s1. The summed E-state index contributed by atoms with van der Waals surface area (Å²) in [6, 6.07) is 15.4. The number of nitrogens with one attached hydrogen (secondary N) is 2. The second-order valence-corrected chi connectivity index (χ2v) is 11.1. The highest BCUT2D eigenvalue weighted by molar-refractivity contribution is 5.96. The number of carbonyl (C=O) groups is 3. The van der Waals surface area contributed by atoms with Crippen molar-refractivity contribution in [3.63, 3.8) is 0 Å². The van der Waals surface area contributed by atoms with Gasteiger partial charge in [-0.05, 0) is 49.9 Å². The molecule has 5 atom stereocenters. The molecule has 2 aromatic carbocycles. The lowest BCUT2D eigenvalue weighted by Crippen LogP contribution is -2.55. The number of rotatable bonds is 5. The highest BCUT2D eigenvalue weighted by Gasteiger charge is 2.61. The van der Waals surface area contributed by atoms with E-state index in [-0.39, 0.29) is 30.9 Å². The van der Waals surface area contributed by atoms with Gasteiger partial charge in [0.25, 0.3) is 0 Å². The van der Waals surface area contributed by atoms with E-state index >= 15 is 0 Å². The first-order valence-corrected chi connectivity index (χ1v) is 14.3. The maximum atomic E-state index is 14.1. The van der Waals surface area contributed by atoms with Gasteiger partial charge in [-0.25, -0.2) is 4.79 Å². The number of benzene rings is 2. The Labute approximate surface area is 237 Å². The number of amides is 2. The van der Waals surface area contributed by atoms with Gasteiger partial charge in [-0.3, -0.25) is 9.59 Å². The summed E-state index contributed by atoms with van der Waals surface area (Å²) >= 11 is 0. The van der Waals surface area contributed by atoms with Crippen LogP contribution in [0, 0.1) is 5.92 Å². The Morgan fingerprint density at radius 1 is 1.10 bits per heavy atom. The molecule has 0 radical (unpaired) electrons. The number of carbonyl (C=O) groups excluding carboxylic acids is 2. The van der Waals surface area contributed by atoms with Crippen molar-refractivity contribution in [3.05, 3.63) is 66.7 Å². The van der Waals surface area contributed by atoms with Crippen molar-refractivity contribution < 1.29 is 28.6 Å². The molecule has 10 heteroatoms. The van der Waals surface area contributed by atoms with Crippen LogP contribution in [0.1, 0.15) is 44.9 Å². The number of ether oxygens (including phenoxy) is 1. The van der Waals surface area contributed by atoms with E-state index in [2.05, 4.69) is 15.6 Å². The largest absolute Gasteiger partial charge is 0.479 e. The molecule has 3 aromatic rings. The minimum atomic E-state index is -1.36. The molecule has 2 aliphatic heterocycles. The Balaban J connectivity index is 1.28. The Morgan fingerprint density at radius 3 is 2.71 bits per heavy atom. The average molecular weight is 559 g/mol. The third kappa shape index (κ3) is 5.64. The van der Waals surface area contributed by atoms with Crippen LogP contribution in [0.5, 0.6) is 6.08 Å². The molecule has 3 aliphatic rings. The van der Waals surface area contributed by atoms with Crippen LogP contribution >= 0.6 is 0 Å². The Hall–Kier alpha value is -4.34. The van der Waals surface area contributed by atoms with Gasteiger partial charge < -0.3 is 29.8 Å². The molecule has 0 spiro atoms. The summed E-state index contributed by atoms with van der Waals surface area (Å²) in [6.45, 7) is 0.145. The molecule has 10 nitrogen and oxygen atoms in total. The summed E-state index contributed by atoms with van der Waals surface area (Å²) in [5.41, 5.74) is 0.681. The highest BCUT2D eigenvalue weighted by Crippen LogP contribution is 2.45. The number of carboxylic acid groups (broad SMARTS) is 1. The molecule has 1 saturated heterocycles. The molecule has 1 saturated carbocycles. The monoisotopic (exact) mass is 558 g/mol. The number of aliphatic carboxylic acids is 1. The summed E-state index contributed by atoms with van der Waals surface area (Å²) in [6.07, 6.45) is 8.07. The van der Waals surface area contributed by atoms with Crippen LogP contribution < -0.4 is 15.4 Å². The van der Waals surface area contributed by atoms with Crippen LogP contribution in [0.2, 0.25) is 0 Å². The normalized spacial score (nSPS) is 28.6. The molecular weight excluding hydrogens is 524 g/mol. The number of nitrogens with zero attached hydrogens (tertiary/aromatic N) is 2. The Morgan fingerprint density at radius 2 is 1.90 bits per heavy atom. The lowest BCUT2D eigenvalue weighted by atomic mass is 10.0. The third-order valence-corrected chi connectivity index (χ3v) is 8.28. The number of anilines is 1. The quantitative estimate of drug-likeness (QED) is 0.398. The van der Waals surface area contributed by atoms with Gasteiger partial charge >= 0.3 is 12.0 Å². The molecule has 0 unspecified atom stereocenters. The summed E-state index contributed by atoms with van der Waals surface area (Å²) in [7, 11) is 0. The summed E-state index contributed by atoms with van der Waals surface area (Å²) in [5.74, 6) is -2.06. The fourth-order valence-electron chi connectivity index (χ4n) is 5.93. The molecule has 3 heterocycles. The molecular formula is C31H34N4O6. The van der Waals surface area contributed by atoms with Crippen molar-refractivity contribution >= 4 is 34.6 Å². The van der Waals surface area contributed by atoms with Gasteiger partial charge in [-0.1, -0.05) is 55.3 Å². The second kappa shape index (κ2) is 11.3. The Kier molecular flexibility index (Phi) is 7.38. The molecule has 1 aliphatic carbocycles. The maximum Gasteiger partial charge on any atom is 0.394 e. The van der Waals surface area contributed by atoms with Crippen LogP contribution in [0.3, 0.4) is 0 Å². The molecule has 1 aromatic heterocycles. The number of allylic oxidation sites excluding steroid dienone is 1. The smallest absolute Gasteiger partial charge is 0.394 e. The zero-order valence-electron chi connectivity index (χ0n) is 22.7. The van der Waals surface area contributed by atoms with Gasteiger partial charge in [0.1, 0.15) is 29.2 Å². The number of aromatic nitrogens is 1. The van der Waals surface area contributed by atoms with Gasteiger partial charge in [0, 0.05) is 18.0 Å². The predicted molar refractivity (Wildman–Crippen MR) is 151 cm³/mol. The van der Waals surface area contributed by atoms with E-state index in [0.29, 0.717) is 23.9 Å². The zero-order chi connectivity index (χ0) is 28.4. The van der Waals surface area contributed by atoms with E-state index in [1.165, 1.54) is 4.90 Å². The SMILES string of the molecule is O=C1N[C@]2(C(=O)O)C[C@H]2C=CCCCCC[C@H](Nc2ccccc2)C(=O)N2C[C@H](Oc3nc4ccccc4o3)C[C@@H]12. The second-order valence-electron chi connectivity index (χ2n) is 11.1. The van der Waals surface area contributed by atoms with Crippen LogP contribution in [0.25, 0.3) is 11.1 Å². The molecule has 2 amide bonds. The van der Waals surface area contributed by atoms with Crippen molar-refractivity contribution in [3.8, 4) is 6.08 Å². The van der Waals surface area contributed by atoms with E-state index in [4.69, 9.17) is 9.15 Å². The van der Waals surface area contributed by atoms with Crippen molar-refractivity contribution in [2.24, 2.45) is 5.92 Å². The fourth-order valence-corrected chi connectivity index (χ4v) is 5.93. The van der Waals surface area contributed by atoms with Gasteiger partial charge in [-0.2, -0.15) is 4.98 Å². The zero-order valence-corrected chi connectivity index (χ0v) is 22.7. The number of fused-ring (bicyclic) bond motifs is 3. The van der Waals surface area contributed by atoms with Crippen LogP contribution in [-0.4, -0.2) is 63.0 Å². The fraction of sp³-hybridized carbons (Fsp3) is 0.419. The van der Waals surface area contributed by atoms with Crippen molar-refractivity contribution in [2.75, 3.05) is 11.9 Å². The minimum absolute atomic E-state index is 0.0696. The molecule has 2 fully saturated rings. The third-order valence-electron chi connectivity index (χ3n) is 8.28. The predicted octanol–water partition coefficient (Wildman–Crippen LogP) is 4.14. The van der Waals surface area contributed by atoms with Crippen molar-refractivity contribution in [1.29, 1.82) is 0 Å². The van der Waals surface area contributed by atoms with Gasteiger partial charge in [-0.15, -0.1) is 0 Å². The molecule has 3 N–H and O–H groups in total. The summed E-state index contributed by atoms with van der Waals surface area (Å²) in [5, 5.41) is 16.2. The van der Waals surface area contributed by atoms with E-state index < -0.39 is 35.6 Å². The molecule has 6 rings (SSSR count). The first-order valence-electron chi connectivity index (χ1n) is 14.3. The number of hydrogen-bond acceptors (Lipinski definition) is 7. The number of hydrogen-bond donors (Lipinski definition) is 3. The van der Waals surface area contributed by atoms with Crippen LogP contribution in [0.4, 0.5) is 5.69 Å². The van der Waals surface area contributed by atoms with Crippen LogP contribution in [0.15, 0.2) is 71.2 Å². The number of para-hydroxylation sites is 3. The van der Waals surface area contributed by atoms with E-state index in [9.17, 15) is 19.5 Å². The van der Waals surface area contributed by atoms with E-state index in [1.54, 1.807) is 6.07 Å². The number of oxazole rings is 1. The molecule has 41 heavy (non-hydrogen) atoms. The van der Waals surface area contributed by atoms with E-state index in [1.807, 2.05) is 60.7 Å². The molecule has 0 bridgehead atoms. The van der Waals surface area contributed by atoms with Gasteiger partial charge in [0.05, 0.1) is 6.54 Å². The highest BCUT2D eigenvalue weighted by atomic mass is 16.6. The minimum Gasteiger partial charge on any atom is -0.479 e. The Bertz CT molecular complexity index is 1420. The van der Waals surface area contributed by atoms with Crippen LogP contribution in [-0.2, 0) is 14.4 Å². The van der Waals surface area contributed by atoms with Crippen molar-refractivity contribution in [1.82, 2.24) is 15.2 Å². The van der Waals surface area contributed by atoms with Gasteiger partial charge in [0.2, 0.25) is 11.8 Å². The first kappa shape index (κ1) is 26.9. The number of carboxylic acids is 1. The summed E-state index contributed by atoms with van der Waals surface area (Å²) < 4.78 is 11.8. The lowest BCUT2D eigenvalue weighted by molar-refractivity contribution is -0.145. The molecule has 214 valence electrons. The summed E-state index contributed by atoms with van der Waals surface area (Å²) in [4.78, 5) is 46.0. The maximum absolute atomic E-state index is 14.1. The van der Waals surface area contributed by atoms with E-state index in [0.717, 1.165) is 31.4 Å². The lowest BCUT2D eigenvalue weighted by Gasteiger charge is -2.30. The first-order chi connectivity index (χ1) is 19.9.